The van der Waals surface area contributed by atoms with Crippen LogP contribution in [0.4, 0.5) is 11.4 Å². The number of hydrogen-bond acceptors (Lipinski definition) is 4. The number of phenolic OH excluding ortho intramolecular Hbond substituents is 1. The monoisotopic (exact) mass is 312 g/mol. The highest BCUT2D eigenvalue weighted by Crippen LogP contribution is 2.42. The molecule has 0 spiro atoms. The summed E-state index contributed by atoms with van der Waals surface area (Å²) < 4.78 is 5.20. The first-order valence-corrected chi connectivity index (χ1v) is 7.47. The molecule has 0 aliphatic carbocycles. The lowest BCUT2D eigenvalue weighted by Gasteiger charge is -2.27. The van der Waals surface area contributed by atoms with Gasteiger partial charge in [-0.1, -0.05) is 12.1 Å². The Hall–Kier alpha value is -2.69. The molecule has 2 N–H and O–H groups in total. The van der Waals surface area contributed by atoms with Crippen molar-refractivity contribution in [3.05, 3.63) is 47.5 Å². The van der Waals surface area contributed by atoms with E-state index in [1.807, 2.05) is 43.3 Å². The molecule has 5 heteroatoms. The normalized spacial score (nSPS) is 16.5. The predicted octanol–water partition coefficient (Wildman–Crippen LogP) is 2.94. The molecular formula is C18H20N2O3. The summed E-state index contributed by atoms with van der Waals surface area (Å²) in [7, 11) is 5.50. The van der Waals surface area contributed by atoms with Gasteiger partial charge in [0, 0.05) is 43.9 Å². The lowest BCUT2D eigenvalue weighted by Crippen LogP contribution is -2.23. The van der Waals surface area contributed by atoms with Crippen LogP contribution < -0.4 is 15.0 Å². The van der Waals surface area contributed by atoms with Gasteiger partial charge >= 0.3 is 0 Å². The number of nitrogens with one attached hydrogen (secondary N) is 1. The fraction of sp³-hybridized carbons (Fsp3) is 0.278. The van der Waals surface area contributed by atoms with Crippen LogP contribution in [-0.4, -0.2) is 32.2 Å². The van der Waals surface area contributed by atoms with Crippen LogP contribution in [0, 0.1) is 0 Å². The quantitative estimate of drug-likeness (QED) is 0.915. The first kappa shape index (κ1) is 15.2. The number of rotatable bonds is 3. The summed E-state index contributed by atoms with van der Waals surface area (Å²) in [4.78, 5) is 14.1. The van der Waals surface area contributed by atoms with Crippen LogP contribution in [0.5, 0.6) is 11.5 Å². The third-order valence-electron chi connectivity index (χ3n) is 4.20. The van der Waals surface area contributed by atoms with E-state index in [1.165, 1.54) is 7.11 Å². The van der Waals surface area contributed by atoms with Crippen molar-refractivity contribution in [3.8, 4) is 11.5 Å². The fourth-order valence-electron chi connectivity index (χ4n) is 2.94. The number of aromatic hydroxyl groups is 1. The van der Waals surface area contributed by atoms with E-state index >= 15 is 0 Å². The van der Waals surface area contributed by atoms with Crippen molar-refractivity contribution >= 4 is 17.3 Å². The summed E-state index contributed by atoms with van der Waals surface area (Å²) in [6.45, 7) is 0. The predicted molar refractivity (Wildman–Crippen MR) is 90.5 cm³/mol. The maximum absolute atomic E-state index is 12.0. The molecule has 0 aromatic heterocycles. The van der Waals surface area contributed by atoms with Crippen molar-refractivity contribution in [2.24, 2.45) is 0 Å². The molecule has 2 aromatic carbocycles. The summed E-state index contributed by atoms with van der Waals surface area (Å²) in [5.41, 5.74) is 3.77. The zero-order valence-corrected chi connectivity index (χ0v) is 13.5. The molecule has 0 saturated heterocycles. The smallest absolute Gasteiger partial charge is 0.225 e. The van der Waals surface area contributed by atoms with E-state index in [0.29, 0.717) is 17.9 Å². The van der Waals surface area contributed by atoms with Crippen molar-refractivity contribution in [2.45, 2.75) is 12.3 Å². The van der Waals surface area contributed by atoms with Crippen LogP contribution in [0.25, 0.3) is 0 Å². The van der Waals surface area contributed by atoms with Gasteiger partial charge in [0.05, 0.1) is 7.11 Å². The van der Waals surface area contributed by atoms with Crippen molar-refractivity contribution < 1.29 is 14.6 Å². The molecule has 3 rings (SSSR count). The third-order valence-corrected chi connectivity index (χ3v) is 4.20. The molecule has 23 heavy (non-hydrogen) atoms. The first-order valence-electron chi connectivity index (χ1n) is 7.47. The summed E-state index contributed by atoms with van der Waals surface area (Å²) in [5, 5.41) is 12.7. The molecule has 0 saturated carbocycles. The van der Waals surface area contributed by atoms with E-state index in [-0.39, 0.29) is 17.6 Å². The molecule has 0 bridgehead atoms. The van der Waals surface area contributed by atoms with E-state index in [4.69, 9.17) is 4.74 Å². The second kappa shape index (κ2) is 5.83. The lowest BCUT2D eigenvalue weighted by atomic mass is 9.84. The third kappa shape index (κ3) is 2.82. The van der Waals surface area contributed by atoms with Gasteiger partial charge in [0.15, 0.2) is 11.5 Å². The van der Waals surface area contributed by atoms with Crippen molar-refractivity contribution in [1.82, 2.24) is 0 Å². The summed E-state index contributed by atoms with van der Waals surface area (Å²) >= 11 is 0. The van der Waals surface area contributed by atoms with Gasteiger partial charge in [0.1, 0.15) is 0 Å². The average molecular weight is 312 g/mol. The number of carbonyl (C=O) groups excluding carboxylic acids is 1. The van der Waals surface area contributed by atoms with Crippen LogP contribution in [0.15, 0.2) is 36.4 Å². The van der Waals surface area contributed by atoms with Crippen molar-refractivity contribution in [1.29, 1.82) is 0 Å². The molecule has 1 heterocycles. The largest absolute Gasteiger partial charge is 0.504 e. The number of amides is 1. The summed E-state index contributed by atoms with van der Waals surface area (Å²) in [5.74, 6) is 0.332. The highest BCUT2D eigenvalue weighted by molar-refractivity contribution is 5.96. The topological polar surface area (TPSA) is 61.8 Å². The Balaban J connectivity index is 2.05. The van der Waals surface area contributed by atoms with E-state index in [2.05, 4.69) is 5.32 Å². The van der Waals surface area contributed by atoms with Crippen LogP contribution in [0.1, 0.15) is 23.5 Å². The molecule has 1 aliphatic heterocycles. The standard InChI is InChI=1S/C18H20N2O3/c1-20(2)12-6-4-11(5-7-12)13-9-18(22)19-15-10-16(21)17(23-3)8-14(13)15/h4-8,10,13,21H,9H2,1-3H3,(H,19,22)/t13-/m0/s1. The SMILES string of the molecule is COc1cc2c(cc1O)NC(=O)C[C@H]2c1ccc(N(C)C)cc1. The minimum atomic E-state index is -0.0521. The Bertz CT molecular complexity index is 739. The number of benzene rings is 2. The molecule has 120 valence electrons. The van der Waals surface area contributed by atoms with Gasteiger partial charge in [0.25, 0.3) is 0 Å². The highest BCUT2D eigenvalue weighted by Gasteiger charge is 2.28. The van der Waals surface area contributed by atoms with Gasteiger partial charge in [-0.15, -0.1) is 0 Å². The van der Waals surface area contributed by atoms with Gasteiger partial charge in [-0.2, -0.15) is 0 Å². The maximum atomic E-state index is 12.0. The molecular weight excluding hydrogens is 292 g/mol. The van der Waals surface area contributed by atoms with E-state index in [9.17, 15) is 9.90 Å². The molecule has 2 aromatic rings. The Morgan fingerprint density at radius 1 is 1.22 bits per heavy atom. The van der Waals surface area contributed by atoms with Gasteiger partial charge < -0.3 is 20.1 Å². The Kier molecular flexibility index (Phi) is 3.86. The van der Waals surface area contributed by atoms with Crippen LogP contribution >= 0.6 is 0 Å². The number of anilines is 2. The molecule has 1 amide bonds. The number of ether oxygens (including phenoxy) is 1. The van der Waals surface area contributed by atoms with Crippen molar-refractivity contribution in [3.63, 3.8) is 0 Å². The summed E-state index contributed by atoms with van der Waals surface area (Å²) in [6.07, 6.45) is 0.377. The number of hydrogen-bond donors (Lipinski definition) is 2. The average Bonchev–Trinajstić information content (AvgIpc) is 2.53. The summed E-state index contributed by atoms with van der Waals surface area (Å²) in [6, 6.07) is 11.5. The highest BCUT2D eigenvalue weighted by atomic mass is 16.5. The van der Waals surface area contributed by atoms with E-state index in [1.54, 1.807) is 12.1 Å². The van der Waals surface area contributed by atoms with Gasteiger partial charge in [-0.05, 0) is 29.3 Å². The number of phenols is 1. The van der Waals surface area contributed by atoms with Crippen LogP contribution in [0.2, 0.25) is 0 Å². The zero-order valence-electron chi connectivity index (χ0n) is 13.5. The number of fused-ring (bicyclic) bond motifs is 1. The molecule has 0 fully saturated rings. The number of methoxy groups -OCH3 is 1. The van der Waals surface area contributed by atoms with E-state index < -0.39 is 0 Å². The first-order chi connectivity index (χ1) is 11.0. The Morgan fingerprint density at radius 2 is 1.91 bits per heavy atom. The van der Waals surface area contributed by atoms with Gasteiger partial charge in [-0.25, -0.2) is 0 Å². The fourth-order valence-corrected chi connectivity index (χ4v) is 2.94. The molecule has 0 unspecified atom stereocenters. The molecule has 0 radical (unpaired) electrons. The number of nitrogens with zero attached hydrogens (tertiary/aromatic N) is 1. The second-order valence-electron chi connectivity index (χ2n) is 5.90. The molecule has 1 aliphatic rings. The maximum Gasteiger partial charge on any atom is 0.225 e. The Morgan fingerprint density at radius 3 is 2.52 bits per heavy atom. The van der Waals surface area contributed by atoms with Crippen LogP contribution in [0.3, 0.4) is 0 Å². The molecule has 5 nitrogen and oxygen atoms in total. The number of carbonyl (C=O) groups is 1. The minimum Gasteiger partial charge on any atom is -0.504 e. The van der Waals surface area contributed by atoms with Crippen molar-refractivity contribution in [2.75, 3.05) is 31.4 Å². The minimum absolute atomic E-state index is 0.0233. The van der Waals surface area contributed by atoms with Crippen LogP contribution in [-0.2, 0) is 4.79 Å². The lowest BCUT2D eigenvalue weighted by molar-refractivity contribution is -0.116. The second-order valence-corrected chi connectivity index (χ2v) is 5.90. The van der Waals surface area contributed by atoms with Gasteiger partial charge in [-0.3, -0.25) is 4.79 Å². The van der Waals surface area contributed by atoms with Gasteiger partial charge in [0.2, 0.25) is 5.91 Å². The molecule has 1 atom stereocenters. The zero-order chi connectivity index (χ0) is 16.6. The van der Waals surface area contributed by atoms with E-state index in [0.717, 1.165) is 16.8 Å². The Labute approximate surface area is 135 Å².